The van der Waals surface area contributed by atoms with Crippen LogP contribution in [0.2, 0.25) is 0 Å². The number of amides is 1. The van der Waals surface area contributed by atoms with Crippen molar-refractivity contribution in [1.82, 2.24) is 19.3 Å². The lowest BCUT2D eigenvalue weighted by molar-refractivity contribution is -0.124. The number of carbonyl (C=O) groups excluding carboxylic acids is 1. The first-order valence-corrected chi connectivity index (χ1v) is 11.9. The topological polar surface area (TPSA) is 108 Å². The third kappa shape index (κ3) is 5.14. The zero-order valence-electron chi connectivity index (χ0n) is 18.1. The molecule has 2 aromatic heterocycles. The molecule has 0 bridgehead atoms. The van der Waals surface area contributed by atoms with E-state index in [4.69, 9.17) is 5.21 Å². The van der Waals surface area contributed by atoms with E-state index < -0.39 is 15.9 Å². The van der Waals surface area contributed by atoms with Crippen LogP contribution in [-0.2, 0) is 14.8 Å². The van der Waals surface area contributed by atoms with Crippen molar-refractivity contribution in [1.29, 1.82) is 0 Å². The van der Waals surface area contributed by atoms with Gasteiger partial charge in [0.05, 0.1) is 4.90 Å². The molecular formula is C23H25N5O4S. The molecule has 1 amide bonds. The van der Waals surface area contributed by atoms with Crippen LogP contribution in [0.3, 0.4) is 0 Å². The number of benzene rings is 1. The number of hydrogen-bond acceptors (Lipinski definition) is 7. The van der Waals surface area contributed by atoms with Gasteiger partial charge in [0.25, 0.3) is 15.9 Å². The molecule has 10 heteroatoms. The minimum Gasteiger partial charge on any atom is -0.354 e. The van der Waals surface area contributed by atoms with E-state index >= 15 is 0 Å². The van der Waals surface area contributed by atoms with Gasteiger partial charge in [0.15, 0.2) is 0 Å². The van der Waals surface area contributed by atoms with Crippen LogP contribution in [0.15, 0.2) is 72.0 Å². The predicted molar refractivity (Wildman–Crippen MR) is 125 cm³/mol. The van der Waals surface area contributed by atoms with Gasteiger partial charge in [-0.1, -0.05) is 12.1 Å². The van der Waals surface area contributed by atoms with E-state index in [0.717, 1.165) is 53.2 Å². The molecule has 0 atom stereocenters. The Morgan fingerprint density at radius 1 is 1.06 bits per heavy atom. The van der Waals surface area contributed by atoms with E-state index in [1.807, 2.05) is 12.1 Å². The number of hydrogen-bond donors (Lipinski definition) is 2. The summed E-state index contributed by atoms with van der Waals surface area (Å²) in [5, 5.41) is 8.53. The summed E-state index contributed by atoms with van der Waals surface area (Å²) in [4.78, 5) is 20.3. The van der Waals surface area contributed by atoms with Gasteiger partial charge in [-0.3, -0.25) is 10.0 Å². The molecule has 0 radical (unpaired) electrons. The second kappa shape index (κ2) is 9.57. The normalized spacial score (nSPS) is 15.2. The summed E-state index contributed by atoms with van der Waals surface area (Å²) in [5.41, 5.74) is 3.86. The number of carbonyl (C=O) groups is 1. The highest BCUT2D eigenvalue weighted by Gasteiger charge is 2.18. The number of likely N-dealkylation sites (N-methyl/N-ethyl adjacent to an activating group) is 1. The second-order valence-electron chi connectivity index (χ2n) is 7.81. The minimum absolute atomic E-state index is 0.152. The molecule has 0 aliphatic carbocycles. The molecule has 2 N–H and O–H groups in total. The van der Waals surface area contributed by atoms with Crippen LogP contribution in [0.4, 0.5) is 5.82 Å². The van der Waals surface area contributed by atoms with Crippen LogP contribution in [0, 0.1) is 0 Å². The molecule has 172 valence electrons. The van der Waals surface area contributed by atoms with Crippen LogP contribution in [-0.4, -0.2) is 66.6 Å². The Balaban J connectivity index is 1.53. The first-order valence-electron chi connectivity index (χ1n) is 10.4. The Bertz CT molecular complexity index is 1260. The van der Waals surface area contributed by atoms with Gasteiger partial charge >= 0.3 is 0 Å². The largest absolute Gasteiger partial charge is 0.354 e. The van der Waals surface area contributed by atoms with Gasteiger partial charge in [0.2, 0.25) is 0 Å². The van der Waals surface area contributed by atoms with Gasteiger partial charge in [-0.2, -0.15) is 0 Å². The van der Waals surface area contributed by atoms with Crippen LogP contribution in [0.5, 0.6) is 0 Å². The molecule has 1 aliphatic rings. The lowest BCUT2D eigenvalue weighted by Gasteiger charge is -2.33. The van der Waals surface area contributed by atoms with E-state index in [1.54, 1.807) is 36.5 Å². The van der Waals surface area contributed by atoms with Crippen molar-refractivity contribution in [3.63, 3.8) is 0 Å². The zero-order chi connectivity index (χ0) is 23.4. The van der Waals surface area contributed by atoms with Gasteiger partial charge in [-0.05, 0) is 60.1 Å². The molecule has 1 fully saturated rings. The Labute approximate surface area is 192 Å². The number of aromatic nitrogens is 2. The number of piperazine rings is 1. The number of anilines is 1. The van der Waals surface area contributed by atoms with Gasteiger partial charge < -0.3 is 9.80 Å². The van der Waals surface area contributed by atoms with E-state index in [0.29, 0.717) is 5.56 Å². The smallest absolute Gasteiger partial charge is 0.267 e. The maximum Gasteiger partial charge on any atom is 0.267 e. The molecule has 4 rings (SSSR count). The number of hydroxylamine groups is 1. The highest BCUT2D eigenvalue weighted by atomic mass is 32.2. The highest BCUT2D eigenvalue weighted by Crippen LogP contribution is 2.26. The first kappa shape index (κ1) is 22.7. The number of nitrogens with zero attached hydrogens (tertiary/aromatic N) is 4. The Kier molecular flexibility index (Phi) is 6.59. The number of pyridine rings is 1. The molecule has 1 aromatic carbocycles. The SMILES string of the molecule is CN1CCN(c2cc(-c3ccc(S(=O)(=O)n4ccc(/C=C/C(=O)NO)c4)cc3)ccn2)CC1. The molecule has 3 heterocycles. The first-order chi connectivity index (χ1) is 15.9. The van der Waals surface area contributed by atoms with Gasteiger partial charge in [-0.15, -0.1) is 0 Å². The van der Waals surface area contributed by atoms with Crippen LogP contribution in [0.1, 0.15) is 5.56 Å². The molecule has 33 heavy (non-hydrogen) atoms. The standard InChI is InChI=1S/C23H25N5O4S/c1-26-12-14-27(15-13-26)22-16-20(8-10-24-22)19-3-5-21(6-4-19)33(31,32)28-11-9-18(17-28)2-7-23(29)25-30/h2-11,16-17,30H,12-15H2,1H3,(H,25,29)/b7-2+. The average Bonchev–Trinajstić information content (AvgIpc) is 3.33. The summed E-state index contributed by atoms with van der Waals surface area (Å²) in [6.07, 6.45) is 7.09. The zero-order valence-corrected chi connectivity index (χ0v) is 18.9. The molecule has 0 saturated carbocycles. The van der Waals surface area contributed by atoms with Gasteiger partial charge in [0, 0.05) is 50.8 Å². The predicted octanol–water partition coefficient (Wildman–Crippen LogP) is 2.06. The summed E-state index contributed by atoms with van der Waals surface area (Å²) < 4.78 is 27.0. The van der Waals surface area contributed by atoms with Crippen LogP contribution in [0.25, 0.3) is 17.2 Å². The van der Waals surface area contributed by atoms with Crippen molar-refractivity contribution in [3.05, 3.63) is 72.7 Å². The Morgan fingerprint density at radius 3 is 2.48 bits per heavy atom. The molecule has 9 nitrogen and oxygen atoms in total. The monoisotopic (exact) mass is 467 g/mol. The van der Waals surface area contributed by atoms with Crippen molar-refractivity contribution >= 4 is 27.8 Å². The summed E-state index contributed by atoms with van der Waals surface area (Å²) >= 11 is 0. The van der Waals surface area contributed by atoms with Crippen molar-refractivity contribution in [2.75, 3.05) is 38.1 Å². The van der Waals surface area contributed by atoms with Crippen molar-refractivity contribution in [3.8, 4) is 11.1 Å². The van der Waals surface area contributed by atoms with Crippen molar-refractivity contribution in [2.45, 2.75) is 4.90 Å². The van der Waals surface area contributed by atoms with E-state index in [1.165, 1.54) is 23.9 Å². The second-order valence-corrected chi connectivity index (χ2v) is 9.65. The Morgan fingerprint density at radius 2 is 1.79 bits per heavy atom. The highest BCUT2D eigenvalue weighted by molar-refractivity contribution is 7.90. The summed E-state index contributed by atoms with van der Waals surface area (Å²) in [6.45, 7) is 3.82. The number of rotatable bonds is 6. The fourth-order valence-electron chi connectivity index (χ4n) is 3.60. The van der Waals surface area contributed by atoms with E-state index in [9.17, 15) is 13.2 Å². The molecule has 3 aromatic rings. The maximum atomic E-state index is 13.0. The van der Waals surface area contributed by atoms with Crippen molar-refractivity contribution < 1.29 is 18.4 Å². The maximum absolute atomic E-state index is 13.0. The van der Waals surface area contributed by atoms with Gasteiger partial charge in [-0.25, -0.2) is 22.9 Å². The van der Waals surface area contributed by atoms with Crippen LogP contribution < -0.4 is 10.4 Å². The molecule has 0 unspecified atom stereocenters. The average molecular weight is 468 g/mol. The van der Waals surface area contributed by atoms with E-state index in [2.05, 4.69) is 21.8 Å². The van der Waals surface area contributed by atoms with E-state index in [-0.39, 0.29) is 4.90 Å². The third-order valence-corrected chi connectivity index (χ3v) is 7.21. The lowest BCUT2D eigenvalue weighted by Crippen LogP contribution is -2.44. The fraction of sp³-hybridized carbons (Fsp3) is 0.217. The summed E-state index contributed by atoms with van der Waals surface area (Å²) in [7, 11) is -1.68. The fourth-order valence-corrected chi connectivity index (χ4v) is 4.80. The third-order valence-electron chi connectivity index (χ3n) is 5.56. The van der Waals surface area contributed by atoms with Crippen LogP contribution >= 0.6 is 0 Å². The summed E-state index contributed by atoms with van der Waals surface area (Å²) in [6, 6.07) is 12.2. The molecule has 1 saturated heterocycles. The van der Waals surface area contributed by atoms with Gasteiger partial charge in [0.1, 0.15) is 5.82 Å². The number of nitrogens with one attached hydrogen (secondary N) is 1. The minimum atomic E-state index is -3.78. The molecule has 0 spiro atoms. The summed E-state index contributed by atoms with van der Waals surface area (Å²) in [5.74, 6) is 0.216. The van der Waals surface area contributed by atoms with Crippen molar-refractivity contribution in [2.24, 2.45) is 0 Å². The Hall–Kier alpha value is -3.47. The molecular weight excluding hydrogens is 442 g/mol. The quantitative estimate of drug-likeness (QED) is 0.325. The molecule has 1 aliphatic heterocycles. The lowest BCUT2D eigenvalue weighted by atomic mass is 10.1.